The van der Waals surface area contributed by atoms with Gasteiger partial charge < -0.3 is 34.2 Å². The average molecular weight is 1740 g/mol. The summed E-state index contributed by atoms with van der Waals surface area (Å²) in [5.41, 5.74) is 0. The summed E-state index contributed by atoms with van der Waals surface area (Å²) in [6.07, 6.45) is 119. The molecule has 0 aromatic carbocycles. The van der Waals surface area contributed by atoms with Crippen LogP contribution in [0, 0.1) is 0 Å². The molecule has 0 aromatic heterocycles. The lowest BCUT2D eigenvalue weighted by Gasteiger charge is -2.21. The van der Waals surface area contributed by atoms with Crippen LogP contribution in [-0.4, -0.2) is 95.9 Å². The number of rotatable bonds is 94. The average Bonchev–Trinajstić information content (AvgIpc) is 0.895. The Kier molecular flexibility index (Phi) is 91.4. The summed E-state index contributed by atoms with van der Waals surface area (Å²) in [5.74, 6) is -1.57. The van der Waals surface area contributed by atoms with Gasteiger partial charge in [0, 0.05) is 19.3 Å². The van der Waals surface area contributed by atoms with Gasteiger partial charge in [0.2, 0.25) is 0 Å². The van der Waals surface area contributed by atoms with Gasteiger partial charge in [0.15, 0.2) is 6.10 Å². The van der Waals surface area contributed by atoms with Gasteiger partial charge in [0.05, 0.1) is 26.4 Å². The first-order valence-electron chi connectivity index (χ1n) is 49.5. The fourth-order valence-electron chi connectivity index (χ4n) is 13.8. The van der Waals surface area contributed by atoms with Crippen molar-refractivity contribution in [1.29, 1.82) is 0 Å². The van der Waals surface area contributed by atoms with Crippen molar-refractivity contribution in [2.75, 3.05) is 39.6 Å². The molecular weight excluding hydrogens is 1560 g/mol. The number of ether oxygens (including phenoxy) is 3. The molecule has 0 heterocycles. The molecule has 0 aliphatic heterocycles. The number of hydrogen-bond donors (Lipinski definition) is 4. The topological polar surface area (TPSA) is 231 Å². The molecule has 4 N–H and O–H groups in total. The second kappa shape index (κ2) is 94.8. The third-order valence-electron chi connectivity index (χ3n) is 21.3. The molecule has 0 amide bonds. The lowest BCUT2D eigenvalue weighted by molar-refractivity contribution is -0.161. The number of carbonyl (C=O) groups excluding carboxylic acids is 3. The standard InChI is InChI=1S/C103H182O16P2/c1-4-7-10-13-16-19-22-25-28-31-34-36-38-40-42-44-46-48-50-52-54-56-58-60-63-65-68-71-74-77-80-83-86-89-101(106)113-92-98(104)93-115-120(109,110)116-94-99(105)95-117-121(111,112)118-97-100(119-103(108)91-88-85-82-79-76-73-70-67-62-33-30-27-24-21-18-15-12-9-6-3)96-114-102(107)90-87-84-81-78-75-72-69-66-64-61-59-57-55-53-51-49-47-45-43-41-39-37-35-32-29-26-23-20-17-14-11-8-5-2/h16-21,25-30,34-37,40-43,62,67,98-100,104-105H,4-15,22-24,31-33,38-39,44-61,63-66,68-97H2,1-3H3,(H,109,110)(H,111,112)/b19-16-,20-17-,21-18-,28-25-,29-26-,30-27-,36-34-,37-35-,42-40-,43-41-,67-62-. The fraction of sp³-hybridized carbons (Fsp3) is 0.757. The summed E-state index contributed by atoms with van der Waals surface area (Å²) in [7, 11) is -9.81. The van der Waals surface area contributed by atoms with Crippen molar-refractivity contribution in [1.82, 2.24) is 0 Å². The second-order valence-electron chi connectivity index (χ2n) is 33.2. The number of allylic oxidation sites excluding steroid dienone is 22. The molecule has 0 rings (SSSR count). The van der Waals surface area contributed by atoms with Crippen molar-refractivity contribution in [2.24, 2.45) is 0 Å². The largest absolute Gasteiger partial charge is 0.472 e. The normalized spacial score (nSPS) is 14.3. The number of unbranched alkanes of at least 4 members (excludes halogenated alkanes) is 49. The minimum absolute atomic E-state index is 0.0903. The molecule has 0 spiro atoms. The van der Waals surface area contributed by atoms with Crippen LogP contribution in [0.1, 0.15) is 445 Å². The predicted molar refractivity (Wildman–Crippen MR) is 510 cm³/mol. The molecule has 0 fully saturated rings. The number of carbonyl (C=O) groups is 3. The molecule has 0 saturated heterocycles. The van der Waals surface area contributed by atoms with Crippen LogP contribution in [0.25, 0.3) is 0 Å². The van der Waals surface area contributed by atoms with Gasteiger partial charge in [0.25, 0.3) is 0 Å². The lowest BCUT2D eigenvalue weighted by atomic mass is 10.0. The summed E-state index contributed by atoms with van der Waals surface area (Å²) < 4.78 is 61.6. The highest BCUT2D eigenvalue weighted by atomic mass is 31.2. The van der Waals surface area contributed by atoms with E-state index in [0.29, 0.717) is 19.3 Å². The van der Waals surface area contributed by atoms with E-state index in [2.05, 4.69) is 154 Å². The van der Waals surface area contributed by atoms with E-state index < -0.39 is 91.5 Å². The summed E-state index contributed by atoms with van der Waals surface area (Å²) in [4.78, 5) is 59.1. The van der Waals surface area contributed by atoms with E-state index in [4.69, 9.17) is 32.3 Å². The molecule has 0 aromatic rings. The van der Waals surface area contributed by atoms with Crippen molar-refractivity contribution in [3.05, 3.63) is 134 Å². The van der Waals surface area contributed by atoms with E-state index >= 15 is 0 Å². The number of aliphatic hydroxyl groups excluding tert-OH is 2. The molecule has 0 radical (unpaired) electrons. The van der Waals surface area contributed by atoms with Gasteiger partial charge in [-0.3, -0.25) is 32.5 Å². The minimum atomic E-state index is -4.94. The molecule has 5 atom stereocenters. The Labute approximate surface area is 741 Å². The summed E-state index contributed by atoms with van der Waals surface area (Å²) in [6, 6.07) is 0. The van der Waals surface area contributed by atoms with Crippen molar-refractivity contribution < 1.29 is 75.8 Å². The molecule has 700 valence electrons. The van der Waals surface area contributed by atoms with Crippen LogP contribution in [0.2, 0.25) is 0 Å². The third-order valence-corrected chi connectivity index (χ3v) is 23.2. The Hall–Kier alpha value is -4.31. The molecule has 0 saturated carbocycles. The van der Waals surface area contributed by atoms with Gasteiger partial charge in [-0.1, -0.05) is 411 Å². The van der Waals surface area contributed by atoms with Gasteiger partial charge in [0.1, 0.15) is 25.4 Å². The van der Waals surface area contributed by atoms with E-state index in [-0.39, 0.29) is 19.3 Å². The van der Waals surface area contributed by atoms with E-state index in [1.54, 1.807) is 0 Å². The van der Waals surface area contributed by atoms with E-state index in [1.165, 1.54) is 250 Å². The summed E-state index contributed by atoms with van der Waals surface area (Å²) >= 11 is 0. The fourth-order valence-corrected chi connectivity index (χ4v) is 15.4. The van der Waals surface area contributed by atoms with Gasteiger partial charge in [-0.15, -0.1) is 0 Å². The van der Waals surface area contributed by atoms with Gasteiger partial charge in [-0.2, -0.15) is 0 Å². The molecule has 0 aliphatic carbocycles. The molecule has 0 aliphatic rings. The number of hydrogen-bond acceptors (Lipinski definition) is 14. The van der Waals surface area contributed by atoms with Gasteiger partial charge >= 0.3 is 33.6 Å². The number of phosphoric acid groups is 2. The highest BCUT2D eigenvalue weighted by molar-refractivity contribution is 7.47. The van der Waals surface area contributed by atoms with Crippen LogP contribution in [0.15, 0.2) is 134 Å². The first-order valence-corrected chi connectivity index (χ1v) is 52.5. The lowest BCUT2D eigenvalue weighted by Crippen LogP contribution is -2.30. The smallest absolute Gasteiger partial charge is 0.463 e. The van der Waals surface area contributed by atoms with Gasteiger partial charge in [-0.05, 0) is 148 Å². The van der Waals surface area contributed by atoms with Crippen molar-refractivity contribution in [3.8, 4) is 0 Å². The summed E-state index contributed by atoms with van der Waals surface area (Å²) in [6.45, 7) is 2.66. The monoisotopic (exact) mass is 1740 g/mol. The quantitative estimate of drug-likeness (QED) is 0.0146. The van der Waals surface area contributed by atoms with E-state index in [0.717, 1.165) is 135 Å². The molecule has 5 unspecified atom stereocenters. The van der Waals surface area contributed by atoms with Crippen LogP contribution >= 0.6 is 15.6 Å². The molecule has 121 heavy (non-hydrogen) atoms. The molecular formula is C103H182O16P2. The highest BCUT2D eigenvalue weighted by Gasteiger charge is 2.30. The SMILES string of the molecule is CCCCC/C=C\C/C=C\C/C=C\C/C=C\CCCCCCCCCCCCCCCCCCCC(=O)OCC(O)COP(=O)(O)OCC(O)COP(=O)(O)OCC(COC(=O)CCCCCCCCCCCCCCCCCCC/C=C\C/C=C\C/C=C\C/C=C\CCCCC)OC(=O)CCCCCCCC/C=C\C/C=C\C/C=C\CCCCC. The number of esters is 3. The minimum Gasteiger partial charge on any atom is -0.463 e. The Morgan fingerprint density at radius 3 is 0.653 bits per heavy atom. The maximum Gasteiger partial charge on any atom is 0.472 e. The van der Waals surface area contributed by atoms with E-state index in [9.17, 15) is 43.5 Å². The zero-order valence-corrected chi connectivity index (χ0v) is 79.2. The van der Waals surface area contributed by atoms with Crippen LogP contribution < -0.4 is 0 Å². The summed E-state index contributed by atoms with van der Waals surface area (Å²) in [5, 5.41) is 20.8. The number of aliphatic hydroxyl groups is 2. The van der Waals surface area contributed by atoms with E-state index in [1.807, 2.05) is 0 Å². The zero-order chi connectivity index (χ0) is 87.9. The molecule has 0 bridgehead atoms. The molecule has 16 nitrogen and oxygen atoms in total. The first kappa shape index (κ1) is 117. The maximum absolute atomic E-state index is 13.1. The van der Waals surface area contributed by atoms with Crippen molar-refractivity contribution in [2.45, 2.75) is 463 Å². The zero-order valence-electron chi connectivity index (χ0n) is 77.4. The second-order valence-corrected chi connectivity index (χ2v) is 36.1. The Morgan fingerprint density at radius 1 is 0.231 bits per heavy atom. The Bertz CT molecular complexity index is 2730. The molecule has 18 heteroatoms. The Balaban J connectivity index is 4.50. The first-order chi connectivity index (χ1) is 59.2. The Morgan fingerprint density at radius 2 is 0.413 bits per heavy atom. The van der Waals surface area contributed by atoms with Crippen LogP contribution in [0.5, 0.6) is 0 Å². The van der Waals surface area contributed by atoms with Crippen LogP contribution in [0.4, 0.5) is 0 Å². The predicted octanol–water partition coefficient (Wildman–Crippen LogP) is 30.9. The third kappa shape index (κ3) is 96.2. The van der Waals surface area contributed by atoms with Crippen molar-refractivity contribution >= 4 is 33.6 Å². The van der Waals surface area contributed by atoms with Crippen LogP contribution in [-0.2, 0) is 55.8 Å². The maximum atomic E-state index is 13.1. The van der Waals surface area contributed by atoms with Crippen LogP contribution in [0.3, 0.4) is 0 Å². The van der Waals surface area contributed by atoms with Crippen molar-refractivity contribution in [3.63, 3.8) is 0 Å². The van der Waals surface area contributed by atoms with Gasteiger partial charge in [-0.25, -0.2) is 9.13 Å². The highest BCUT2D eigenvalue weighted by Crippen LogP contribution is 2.45. The number of phosphoric ester groups is 2.